The monoisotopic (exact) mass is 469 g/mol. The van der Waals surface area contributed by atoms with Gasteiger partial charge >= 0.3 is 0 Å². The summed E-state index contributed by atoms with van der Waals surface area (Å²) in [5.41, 5.74) is 3.92. The van der Waals surface area contributed by atoms with Gasteiger partial charge in [-0.2, -0.15) is 5.10 Å². The molecule has 0 aliphatic heterocycles. The minimum atomic E-state index is -3.58. The van der Waals surface area contributed by atoms with E-state index < -0.39 is 15.9 Å². The third-order valence-electron chi connectivity index (χ3n) is 5.36. The smallest absolute Gasteiger partial charge is 0.251 e. The van der Waals surface area contributed by atoms with E-state index in [1.165, 1.54) is 36.2 Å². The number of sulfonamides is 1. The summed E-state index contributed by atoms with van der Waals surface area (Å²) in [4.78, 5) is 26.6. The van der Waals surface area contributed by atoms with Gasteiger partial charge in [0.05, 0.1) is 22.8 Å². The van der Waals surface area contributed by atoms with Crippen LogP contribution in [0.5, 0.6) is 0 Å². The van der Waals surface area contributed by atoms with Crippen LogP contribution in [0.25, 0.3) is 5.69 Å². The molecule has 0 atom stereocenters. The summed E-state index contributed by atoms with van der Waals surface area (Å²) in [6.45, 7) is 4.03. The van der Waals surface area contributed by atoms with E-state index in [-0.39, 0.29) is 22.9 Å². The maximum atomic E-state index is 12.6. The summed E-state index contributed by atoms with van der Waals surface area (Å²) < 4.78 is 27.6. The normalized spacial score (nSPS) is 11.3. The van der Waals surface area contributed by atoms with Crippen molar-refractivity contribution in [2.75, 3.05) is 20.6 Å². The molecule has 9 nitrogen and oxygen atoms in total. The van der Waals surface area contributed by atoms with Crippen molar-refractivity contribution in [1.29, 1.82) is 0 Å². The average Bonchev–Trinajstić information content (AvgIpc) is 3.11. The SMILES string of the molecule is CNS(=O)(=O)c1ccc(C(=O)NCC(=O)N(C)Cc2c(C)nn(-c3ccccc3)c2C)cc1. The summed E-state index contributed by atoms with van der Waals surface area (Å²) in [5, 5.41) is 7.18. The van der Waals surface area contributed by atoms with Crippen LogP contribution in [0.3, 0.4) is 0 Å². The molecule has 3 rings (SSSR count). The Hall–Kier alpha value is -3.50. The Labute approximate surface area is 193 Å². The molecule has 0 spiro atoms. The van der Waals surface area contributed by atoms with Crippen LogP contribution in [0.2, 0.25) is 0 Å². The number of hydrogen-bond donors (Lipinski definition) is 2. The molecule has 1 aromatic heterocycles. The first-order chi connectivity index (χ1) is 15.6. The number of carbonyl (C=O) groups excluding carboxylic acids is 2. The molecule has 0 saturated heterocycles. The topological polar surface area (TPSA) is 113 Å². The molecule has 2 aromatic carbocycles. The van der Waals surface area contributed by atoms with Gasteiger partial charge in [0, 0.05) is 30.4 Å². The molecular weight excluding hydrogens is 442 g/mol. The first-order valence-electron chi connectivity index (χ1n) is 10.3. The second kappa shape index (κ2) is 9.97. The van der Waals surface area contributed by atoms with E-state index in [0.717, 1.165) is 22.6 Å². The van der Waals surface area contributed by atoms with E-state index in [1.807, 2.05) is 48.9 Å². The van der Waals surface area contributed by atoms with Crippen LogP contribution in [0.1, 0.15) is 27.3 Å². The molecular formula is C23H27N5O4S. The van der Waals surface area contributed by atoms with Gasteiger partial charge in [-0.15, -0.1) is 0 Å². The standard InChI is InChI=1S/C23H27N5O4S/c1-16-21(17(2)28(26-16)19-8-6-5-7-9-19)15-27(4)22(29)14-25-23(30)18-10-12-20(13-11-18)33(31,32)24-3/h5-13,24H,14-15H2,1-4H3,(H,25,30). The van der Waals surface area contributed by atoms with Crippen LogP contribution in [-0.4, -0.2) is 55.6 Å². The Kier molecular flexibility index (Phi) is 7.29. The number of benzene rings is 2. The third kappa shape index (κ3) is 5.47. The van der Waals surface area contributed by atoms with Gasteiger partial charge in [0.1, 0.15) is 0 Å². The van der Waals surface area contributed by atoms with E-state index in [0.29, 0.717) is 6.54 Å². The number of nitrogens with zero attached hydrogens (tertiary/aromatic N) is 3. The predicted octanol–water partition coefficient (Wildman–Crippen LogP) is 1.79. The lowest BCUT2D eigenvalue weighted by Crippen LogP contribution is -2.38. The molecule has 0 aliphatic carbocycles. The number of rotatable bonds is 8. The van der Waals surface area contributed by atoms with Crippen molar-refractivity contribution >= 4 is 21.8 Å². The minimum Gasteiger partial charge on any atom is -0.343 e. The lowest BCUT2D eigenvalue weighted by molar-refractivity contribution is -0.129. The Morgan fingerprint density at radius 1 is 1.03 bits per heavy atom. The Morgan fingerprint density at radius 2 is 1.67 bits per heavy atom. The Bertz CT molecular complexity index is 1250. The van der Waals surface area contributed by atoms with Crippen molar-refractivity contribution in [3.63, 3.8) is 0 Å². The highest BCUT2D eigenvalue weighted by molar-refractivity contribution is 7.89. The summed E-state index contributed by atoms with van der Waals surface area (Å²) in [7, 11) is -0.595. The lowest BCUT2D eigenvalue weighted by Gasteiger charge is -2.18. The van der Waals surface area contributed by atoms with Crippen molar-refractivity contribution < 1.29 is 18.0 Å². The summed E-state index contributed by atoms with van der Waals surface area (Å²) in [5.74, 6) is -0.724. The Morgan fingerprint density at radius 3 is 2.27 bits per heavy atom. The molecule has 0 saturated carbocycles. The van der Waals surface area contributed by atoms with Crippen LogP contribution in [0.15, 0.2) is 59.5 Å². The van der Waals surface area contributed by atoms with Gasteiger partial charge in [0.15, 0.2) is 0 Å². The maximum Gasteiger partial charge on any atom is 0.251 e. The van der Waals surface area contributed by atoms with Gasteiger partial charge in [-0.1, -0.05) is 18.2 Å². The number of aromatic nitrogens is 2. The summed E-state index contributed by atoms with van der Waals surface area (Å²) in [6, 6.07) is 15.2. The largest absolute Gasteiger partial charge is 0.343 e. The average molecular weight is 470 g/mol. The molecule has 2 amide bonds. The molecule has 174 valence electrons. The number of para-hydroxylation sites is 1. The van der Waals surface area contributed by atoms with Crippen LogP contribution in [0.4, 0.5) is 0 Å². The molecule has 0 fully saturated rings. The molecule has 3 aromatic rings. The lowest BCUT2D eigenvalue weighted by atomic mass is 10.2. The minimum absolute atomic E-state index is 0.0548. The van der Waals surface area contributed by atoms with Crippen LogP contribution in [0, 0.1) is 13.8 Å². The highest BCUT2D eigenvalue weighted by Crippen LogP contribution is 2.19. The quantitative estimate of drug-likeness (QED) is 0.522. The summed E-state index contributed by atoms with van der Waals surface area (Å²) >= 11 is 0. The van der Waals surface area contributed by atoms with E-state index in [1.54, 1.807) is 7.05 Å². The van der Waals surface area contributed by atoms with E-state index in [2.05, 4.69) is 15.1 Å². The van der Waals surface area contributed by atoms with Crippen molar-refractivity contribution in [3.8, 4) is 5.69 Å². The molecule has 0 aliphatic rings. The number of aryl methyl sites for hydroxylation is 1. The van der Waals surface area contributed by atoms with Crippen molar-refractivity contribution in [2.24, 2.45) is 0 Å². The van der Waals surface area contributed by atoms with Gasteiger partial charge in [-0.05, 0) is 57.3 Å². The van der Waals surface area contributed by atoms with E-state index in [4.69, 9.17) is 0 Å². The molecule has 2 N–H and O–H groups in total. The van der Waals surface area contributed by atoms with E-state index >= 15 is 0 Å². The molecule has 33 heavy (non-hydrogen) atoms. The van der Waals surface area contributed by atoms with E-state index in [9.17, 15) is 18.0 Å². The third-order valence-corrected chi connectivity index (χ3v) is 6.79. The molecule has 10 heteroatoms. The fourth-order valence-corrected chi connectivity index (χ4v) is 4.08. The van der Waals surface area contributed by atoms with Crippen LogP contribution in [-0.2, 0) is 21.4 Å². The number of carbonyl (C=O) groups is 2. The van der Waals surface area contributed by atoms with Crippen molar-refractivity contribution in [1.82, 2.24) is 24.7 Å². The molecule has 0 radical (unpaired) electrons. The maximum absolute atomic E-state index is 12.6. The molecule has 0 unspecified atom stereocenters. The molecule has 1 heterocycles. The highest BCUT2D eigenvalue weighted by atomic mass is 32.2. The van der Waals surface area contributed by atoms with Gasteiger partial charge in [0.25, 0.3) is 5.91 Å². The first-order valence-corrected chi connectivity index (χ1v) is 11.8. The van der Waals surface area contributed by atoms with Gasteiger partial charge < -0.3 is 10.2 Å². The number of amides is 2. The van der Waals surface area contributed by atoms with Crippen LogP contribution < -0.4 is 10.0 Å². The molecule has 0 bridgehead atoms. The number of hydrogen-bond acceptors (Lipinski definition) is 5. The zero-order chi connectivity index (χ0) is 24.2. The van der Waals surface area contributed by atoms with Gasteiger partial charge in [-0.25, -0.2) is 17.8 Å². The zero-order valence-electron chi connectivity index (χ0n) is 19.0. The Balaban J connectivity index is 1.61. The predicted molar refractivity (Wildman–Crippen MR) is 125 cm³/mol. The second-order valence-electron chi connectivity index (χ2n) is 7.56. The van der Waals surface area contributed by atoms with Gasteiger partial charge in [0.2, 0.25) is 15.9 Å². The zero-order valence-corrected chi connectivity index (χ0v) is 19.8. The number of nitrogens with one attached hydrogen (secondary N) is 2. The second-order valence-corrected chi connectivity index (χ2v) is 9.45. The van der Waals surface area contributed by atoms with Crippen molar-refractivity contribution in [3.05, 3.63) is 77.1 Å². The summed E-state index contributed by atoms with van der Waals surface area (Å²) in [6.07, 6.45) is 0. The first kappa shape index (κ1) is 24.1. The van der Waals surface area contributed by atoms with Crippen LogP contribution >= 0.6 is 0 Å². The fourth-order valence-electron chi connectivity index (χ4n) is 3.35. The highest BCUT2D eigenvalue weighted by Gasteiger charge is 2.18. The van der Waals surface area contributed by atoms with Gasteiger partial charge in [-0.3, -0.25) is 9.59 Å². The van der Waals surface area contributed by atoms with Crippen molar-refractivity contribution in [2.45, 2.75) is 25.3 Å². The fraction of sp³-hybridized carbons (Fsp3) is 0.261. The number of likely N-dealkylation sites (N-methyl/N-ethyl adjacent to an activating group) is 1.